The van der Waals surface area contributed by atoms with Crippen LogP contribution in [0.5, 0.6) is 0 Å². The monoisotopic (exact) mass is 332 g/mol. The SMILES string of the molecule is Cn1c(NC2CCOC3(CCCCC3)C2)c(C#N)c(=O)n(C)c1=O. The molecule has 1 atom stereocenters. The molecule has 7 nitrogen and oxygen atoms in total. The summed E-state index contributed by atoms with van der Waals surface area (Å²) in [6.45, 7) is 0.665. The fraction of sp³-hybridized carbons (Fsp3) is 0.706. The molecule has 1 aliphatic carbocycles. The molecule has 1 N–H and O–H groups in total. The number of ether oxygens (including phenoxy) is 1. The van der Waals surface area contributed by atoms with Gasteiger partial charge in [-0.2, -0.15) is 5.26 Å². The van der Waals surface area contributed by atoms with E-state index in [-0.39, 0.29) is 17.2 Å². The quantitative estimate of drug-likeness (QED) is 0.880. The van der Waals surface area contributed by atoms with Crippen LogP contribution in [0.2, 0.25) is 0 Å². The Balaban J connectivity index is 1.90. The molecule has 2 aliphatic rings. The van der Waals surface area contributed by atoms with Crippen LogP contribution < -0.4 is 16.6 Å². The number of nitrogens with one attached hydrogen (secondary N) is 1. The van der Waals surface area contributed by atoms with E-state index < -0.39 is 11.2 Å². The van der Waals surface area contributed by atoms with Crippen molar-refractivity contribution in [1.29, 1.82) is 5.26 Å². The Labute approximate surface area is 140 Å². The Kier molecular flexibility index (Phi) is 4.50. The number of hydrogen-bond donors (Lipinski definition) is 1. The molecular formula is C17H24N4O3. The molecule has 0 bridgehead atoms. The van der Waals surface area contributed by atoms with Gasteiger partial charge in [-0.15, -0.1) is 0 Å². The molecule has 1 unspecified atom stereocenters. The topological polar surface area (TPSA) is 89.1 Å². The van der Waals surface area contributed by atoms with Crippen molar-refractivity contribution in [3.8, 4) is 6.07 Å². The molecule has 0 amide bonds. The number of anilines is 1. The van der Waals surface area contributed by atoms with Gasteiger partial charge in [0.25, 0.3) is 5.56 Å². The fourth-order valence-corrected chi connectivity index (χ4v) is 4.00. The Morgan fingerprint density at radius 1 is 1.21 bits per heavy atom. The van der Waals surface area contributed by atoms with Crippen molar-refractivity contribution in [2.75, 3.05) is 11.9 Å². The van der Waals surface area contributed by atoms with Crippen molar-refractivity contribution in [1.82, 2.24) is 9.13 Å². The Morgan fingerprint density at radius 3 is 2.58 bits per heavy atom. The predicted octanol–water partition coefficient (Wildman–Crippen LogP) is 1.25. The summed E-state index contributed by atoms with van der Waals surface area (Å²) in [5.74, 6) is 0.323. The highest BCUT2D eigenvalue weighted by Gasteiger charge is 2.38. The zero-order valence-electron chi connectivity index (χ0n) is 14.3. The molecule has 7 heteroatoms. The van der Waals surface area contributed by atoms with Crippen LogP contribution in [-0.2, 0) is 18.8 Å². The summed E-state index contributed by atoms with van der Waals surface area (Å²) < 4.78 is 8.41. The molecule has 24 heavy (non-hydrogen) atoms. The highest BCUT2D eigenvalue weighted by Crippen LogP contribution is 2.39. The van der Waals surface area contributed by atoms with Crippen LogP contribution in [0.25, 0.3) is 0 Å². The second-order valence-corrected chi connectivity index (χ2v) is 6.97. The standard InChI is InChI=1S/C17H24N4O3/c1-20-14(13(11-18)15(22)21(2)16(20)23)19-12-6-9-24-17(10-12)7-4-3-5-8-17/h12,19H,3-10H2,1-2H3. The lowest BCUT2D eigenvalue weighted by molar-refractivity contribution is -0.103. The molecule has 130 valence electrons. The molecule has 1 spiro atoms. The Bertz CT molecular complexity index is 775. The summed E-state index contributed by atoms with van der Waals surface area (Å²) >= 11 is 0. The van der Waals surface area contributed by atoms with Crippen LogP contribution in [0.3, 0.4) is 0 Å². The lowest BCUT2D eigenvalue weighted by atomic mass is 9.78. The first-order chi connectivity index (χ1) is 11.5. The van der Waals surface area contributed by atoms with Crippen LogP contribution >= 0.6 is 0 Å². The molecule has 0 aromatic carbocycles. The highest BCUT2D eigenvalue weighted by atomic mass is 16.5. The number of nitriles is 1. The molecule has 2 fully saturated rings. The van der Waals surface area contributed by atoms with Crippen LogP contribution in [0.15, 0.2) is 9.59 Å². The number of aromatic nitrogens is 2. The lowest BCUT2D eigenvalue weighted by Gasteiger charge is -2.44. The zero-order chi connectivity index (χ0) is 17.3. The van der Waals surface area contributed by atoms with E-state index in [2.05, 4.69) is 5.32 Å². The fourth-order valence-electron chi connectivity index (χ4n) is 4.00. The predicted molar refractivity (Wildman–Crippen MR) is 90.1 cm³/mol. The molecule has 1 aromatic rings. The van der Waals surface area contributed by atoms with E-state index in [0.29, 0.717) is 12.4 Å². The summed E-state index contributed by atoms with van der Waals surface area (Å²) in [5.41, 5.74) is -1.08. The van der Waals surface area contributed by atoms with E-state index in [0.717, 1.165) is 30.3 Å². The largest absolute Gasteiger partial charge is 0.375 e. The Hall–Kier alpha value is -2.07. The van der Waals surface area contributed by atoms with E-state index in [1.54, 1.807) is 7.05 Å². The third kappa shape index (κ3) is 2.86. The summed E-state index contributed by atoms with van der Waals surface area (Å²) in [6, 6.07) is 2.05. The molecule has 1 aliphatic heterocycles. The van der Waals surface area contributed by atoms with E-state index in [9.17, 15) is 14.9 Å². The number of nitrogens with zero attached hydrogens (tertiary/aromatic N) is 3. The molecule has 0 radical (unpaired) electrons. The van der Waals surface area contributed by atoms with Gasteiger partial charge in [0.15, 0.2) is 5.56 Å². The molecular weight excluding hydrogens is 308 g/mol. The first kappa shape index (κ1) is 16.8. The van der Waals surface area contributed by atoms with Crippen LogP contribution in [0.1, 0.15) is 50.5 Å². The van der Waals surface area contributed by atoms with E-state index in [1.165, 1.54) is 30.9 Å². The van der Waals surface area contributed by atoms with Crippen molar-refractivity contribution in [3.63, 3.8) is 0 Å². The normalized spacial score (nSPS) is 23.0. The van der Waals surface area contributed by atoms with Crippen molar-refractivity contribution < 1.29 is 4.74 Å². The number of hydrogen-bond acceptors (Lipinski definition) is 5. The average molecular weight is 332 g/mol. The van der Waals surface area contributed by atoms with Crippen molar-refractivity contribution in [2.24, 2.45) is 14.1 Å². The van der Waals surface area contributed by atoms with Crippen molar-refractivity contribution in [2.45, 2.75) is 56.6 Å². The van der Waals surface area contributed by atoms with Gasteiger partial charge in [-0.1, -0.05) is 19.3 Å². The third-order valence-corrected chi connectivity index (χ3v) is 5.37. The molecule has 2 heterocycles. The third-order valence-electron chi connectivity index (χ3n) is 5.37. The van der Waals surface area contributed by atoms with E-state index in [4.69, 9.17) is 4.74 Å². The summed E-state index contributed by atoms with van der Waals surface area (Å²) in [4.78, 5) is 24.4. The lowest BCUT2D eigenvalue weighted by Crippen LogP contribution is -2.47. The van der Waals surface area contributed by atoms with Crippen LogP contribution in [-0.4, -0.2) is 27.4 Å². The molecule has 1 saturated carbocycles. The molecule has 1 aromatic heterocycles. The summed E-state index contributed by atoms with van der Waals surface area (Å²) in [6.07, 6.45) is 7.39. The first-order valence-electron chi connectivity index (χ1n) is 8.58. The minimum Gasteiger partial charge on any atom is -0.375 e. The Morgan fingerprint density at radius 2 is 1.92 bits per heavy atom. The maximum atomic E-state index is 12.2. The van der Waals surface area contributed by atoms with Gasteiger partial charge in [0.2, 0.25) is 0 Å². The van der Waals surface area contributed by atoms with Gasteiger partial charge in [-0.3, -0.25) is 13.9 Å². The van der Waals surface area contributed by atoms with Gasteiger partial charge in [0.05, 0.1) is 5.60 Å². The number of rotatable bonds is 2. The summed E-state index contributed by atoms with van der Waals surface area (Å²) in [7, 11) is 2.97. The van der Waals surface area contributed by atoms with Gasteiger partial charge in [-0.05, 0) is 25.7 Å². The minimum absolute atomic E-state index is 0.0104. The average Bonchev–Trinajstić information content (AvgIpc) is 2.59. The zero-order valence-corrected chi connectivity index (χ0v) is 14.3. The van der Waals surface area contributed by atoms with Gasteiger partial charge in [0.1, 0.15) is 11.9 Å². The second kappa shape index (κ2) is 6.44. The van der Waals surface area contributed by atoms with E-state index in [1.807, 2.05) is 6.07 Å². The van der Waals surface area contributed by atoms with E-state index >= 15 is 0 Å². The van der Waals surface area contributed by atoms with Gasteiger partial charge in [-0.25, -0.2) is 4.79 Å². The molecule has 3 rings (SSSR count). The second-order valence-electron chi connectivity index (χ2n) is 6.97. The molecule has 1 saturated heterocycles. The maximum absolute atomic E-state index is 12.2. The summed E-state index contributed by atoms with van der Waals surface area (Å²) in [5, 5.41) is 12.7. The van der Waals surface area contributed by atoms with Gasteiger partial charge < -0.3 is 10.1 Å². The first-order valence-corrected chi connectivity index (χ1v) is 8.58. The van der Waals surface area contributed by atoms with Crippen LogP contribution in [0, 0.1) is 11.3 Å². The van der Waals surface area contributed by atoms with Crippen LogP contribution in [0.4, 0.5) is 5.82 Å². The van der Waals surface area contributed by atoms with Crippen molar-refractivity contribution >= 4 is 5.82 Å². The maximum Gasteiger partial charge on any atom is 0.332 e. The highest BCUT2D eigenvalue weighted by molar-refractivity contribution is 5.51. The van der Waals surface area contributed by atoms with Gasteiger partial charge in [0, 0.05) is 26.7 Å². The smallest absolute Gasteiger partial charge is 0.332 e. The van der Waals surface area contributed by atoms with Crippen molar-refractivity contribution in [3.05, 3.63) is 26.4 Å². The van der Waals surface area contributed by atoms with Gasteiger partial charge >= 0.3 is 5.69 Å². The minimum atomic E-state index is -0.553.